The van der Waals surface area contributed by atoms with Gasteiger partial charge in [0.2, 0.25) is 21.8 Å². The lowest BCUT2D eigenvalue weighted by Gasteiger charge is -2.55. The minimum atomic E-state index is -3.18. The molecule has 31 heavy (non-hydrogen) atoms. The Morgan fingerprint density at radius 3 is 1.97 bits per heavy atom. The smallest absolute Gasteiger partial charge is 0.243 e. The number of nitrogens with one attached hydrogen (secondary N) is 2. The Bertz CT molecular complexity index is 766. The average Bonchev–Trinajstić information content (AvgIpc) is 2.70. The molecular weight excluding hydrogens is 414 g/mol. The van der Waals surface area contributed by atoms with Gasteiger partial charge in [0.15, 0.2) is 0 Å². The molecule has 5 rings (SSSR count). The van der Waals surface area contributed by atoms with E-state index in [2.05, 4.69) is 10.6 Å². The summed E-state index contributed by atoms with van der Waals surface area (Å²) >= 11 is 0. The fourth-order valence-electron chi connectivity index (χ4n) is 6.97. The van der Waals surface area contributed by atoms with Gasteiger partial charge in [0, 0.05) is 24.5 Å². The van der Waals surface area contributed by atoms with Gasteiger partial charge in [0.05, 0.1) is 5.75 Å². The summed E-state index contributed by atoms with van der Waals surface area (Å²) < 4.78 is 25.6. The Morgan fingerprint density at radius 1 is 1.00 bits per heavy atom. The van der Waals surface area contributed by atoms with Crippen LogP contribution in [0.2, 0.25) is 0 Å². The Balaban J connectivity index is 1.35. The van der Waals surface area contributed by atoms with Gasteiger partial charge in [-0.25, -0.2) is 12.7 Å². The van der Waals surface area contributed by atoms with E-state index in [1.807, 2.05) is 13.8 Å². The molecule has 1 heterocycles. The Kier molecular flexibility index (Phi) is 6.43. The largest absolute Gasteiger partial charge is 0.351 e. The average molecular weight is 454 g/mol. The summed E-state index contributed by atoms with van der Waals surface area (Å²) in [6.45, 7) is 6.48. The lowest BCUT2D eigenvalue weighted by atomic mass is 9.49. The number of nitrogens with zero attached hydrogens (tertiary/aromatic N) is 1. The van der Waals surface area contributed by atoms with Crippen LogP contribution in [0.25, 0.3) is 0 Å². The molecule has 0 aromatic carbocycles. The third-order valence-corrected chi connectivity index (χ3v) is 10.2. The zero-order chi connectivity index (χ0) is 22.4. The zero-order valence-corrected chi connectivity index (χ0v) is 20.0. The molecule has 2 N–H and O–H groups in total. The molecule has 4 aliphatic carbocycles. The molecule has 176 valence electrons. The molecule has 0 radical (unpaired) electrons. The molecule has 0 aromatic rings. The van der Waals surface area contributed by atoms with Crippen molar-refractivity contribution in [2.24, 2.45) is 29.1 Å². The third kappa shape index (κ3) is 4.65. The number of amides is 2. The van der Waals surface area contributed by atoms with Crippen LogP contribution in [-0.2, 0) is 19.6 Å². The second-order valence-electron chi connectivity index (χ2n) is 11.0. The number of carbonyl (C=O) groups is 2. The molecule has 0 aromatic heterocycles. The van der Waals surface area contributed by atoms with Crippen LogP contribution in [0.4, 0.5) is 0 Å². The van der Waals surface area contributed by atoms with Crippen molar-refractivity contribution in [3.63, 3.8) is 0 Å². The molecule has 1 atom stereocenters. The third-order valence-electron chi connectivity index (χ3n) is 8.31. The molecule has 0 unspecified atom stereocenters. The van der Waals surface area contributed by atoms with Crippen LogP contribution in [0.5, 0.6) is 0 Å². The van der Waals surface area contributed by atoms with Gasteiger partial charge in [-0.15, -0.1) is 0 Å². The highest BCUT2D eigenvalue weighted by molar-refractivity contribution is 7.89. The fraction of sp³-hybridized carbons (Fsp3) is 0.913. The maximum atomic E-state index is 13.4. The molecule has 8 heteroatoms. The van der Waals surface area contributed by atoms with Gasteiger partial charge in [0.25, 0.3) is 0 Å². The van der Waals surface area contributed by atoms with Crippen molar-refractivity contribution in [1.82, 2.24) is 14.9 Å². The quantitative estimate of drug-likeness (QED) is 0.618. The summed E-state index contributed by atoms with van der Waals surface area (Å²) in [5.41, 5.74) is -0.262. The second kappa shape index (κ2) is 8.65. The molecule has 4 saturated carbocycles. The van der Waals surface area contributed by atoms with Gasteiger partial charge in [-0.05, 0) is 82.0 Å². The van der Waals surface area contributed by atoms with E-state index >= 15 is 0 Å². The number of piperidine rings is 1. The van der Waals surface area contributed by atoms with E-state index in [1.165, 1.54) is 23.6 Å². The van der Waals surface area contributed by atoms with E-state index in [9.17, 15) is 18.0 Å². The van der Waals surface area contributed by atoms with Crippen LogP contribution < -0.4 is 10.6 Å². The molecule has 2 amide bonds. The van der Waals surface area contributed by atoms with E-state index < -0.39 is 16.1 Å². The van der Waals surface area contributed by atoms with Crippen molar-refractivity contribution in [3.05, 3.63) is 0 Å². The monoisotopic (exact) mass is 453 g/mol. The lowest BCUT2D eigenvalue weighted by molar-refractivity contribution is -0.149. The number of hydrogen-bond acceptors (Lipinski definition) is 4. The van der Waals surface area contributed by atoms with E-state index in [0.717, 1.165) is 19.3 Å². The highest BCUT2D eigenvalue weighted by Crippen LogP contribution is 2.60. The minimum absolute atomic E-state index is 0.00146. The summed E-state index contributed by atoms with van der Waals surface area (Å²) in [5.74, 6) is 2.12. The van der Waals surface area contributed by atoms with Crippen molar-refractivity contribution in [2.75, 3.05) is 18.8 Å². The first-order chi connectivity index (χ1) is 14.6. The van der Waals surface area contributed by atoms with Gasteiger partial charge in [-0.2, -0.15) is 0 Å². The van der Waals surface area contributed by atoms with Gasteiger partial charge in [0.1, 0.15) is 6.04 Å². The van der Waals surface area contributed by atoms with Crippen LogP contribution in [0.1, 0.15) is 72.1 Å². The zero-order valence-electron chi connectivity index (χ0n) is 19.2. The molecule has 1 saturated heterocycles. The van der Waals surface area contributed by atoms with Crippen molar-refractivity contribution in [3.8, 4) is 0 Å². The first-order valence-electron chi connectivity index (χ1n) is 12.2. The normalized spacial score (nSPS) is 34.6. The summed E-state index contributed by atoms with van der Waals surface area (Å²) in [6.07, 6.45) is 8.04. The van der Waals surface area contributed by atoms with E-state index in [1.54, 1.807) is 6.92 Å². The standard InChI is InChI=1S/C23H39N3O4S/c1-4-31(29,30)26-7-5-19(6-8-26)24-21(27)20(15(2)3)25-22(28)23-12-16-9-17(13-23)11-18(10-16)14-23/h15-20H,4-14H2,1-3H3,(H,24,27)(H,25,28)/t16?,17?,18?,20-,23?/m0/s1. The molecule has 0 spiro atoms. The van der Waals surface area contributed by atoms with Gasteiger partial charge >= 0.3 is 0 Å². The SMILES string of the molecule is CCS(=O)(=O)N1CCC(NC(=O)[C@@H](NC(=O)C23CC4CC(CC(C4)C2)C3)C(C)C)CC1. The molecule has 1 aliphatic heterocycles. The summed E-state index contributed by atoms with van der Waals surface area (Å²) in [6, 6.07) is -0.591. The topological polar surface area (TPSA) is 95.6 Å². The number of sulfonamides is 1. The van der Waals surface area contributed by atoms with Crippen LogP contribution in [0, 0.1) is 29.1 Å². The molecule has 4 bridgehead atoms. The van der Waals surface area contributed by atoms with E-state index in [4.69, 9.17) is 0 Å². The Hall–Kier alpha value is -1.15. The van der Waals surface area contributed by atoms with Crippen molar-refractivity contribution >= 4 is 21.8 Å². The molecule has 7 nitrogen and oxygen atoms in total. The number of carbonyl (C=O) groups excluding carboxylic acids is 2. The van der Waals surface area contributed by atoms with Crippen LogP contribution in [-0.4, -0.2) is 55.5 Å². The number of rotatable bonds is 7. The highest BCUT2D eigenvalue weighted by Gasteiger charge is 2.55. The van der Waals surface area contributed by atoms with Crippen molar-refractivity contribution in [1.29, 1.82) is 0 Å². The highest BCUT2D eigenvalue weighted by atomic mass is 32.2. The Labute approximate surface area is 187 Å². The molecular formula is C23H39N3O4S. The summed E-state index contributed by atoms with van der Waals surface area (Å²) in [4.78, 5) is 26.5. The van der Waals surface area contributed by atoms with Crippen molar-refractivity contribution < 1.29 is 18.0 Å². The second-order valence-corrected chi connectivity index (χ2v) is 13.2. The molecule has 5 aliphatic rings. The summed E-state index contributed by atoms with van der Waals surface area (Å²) in [7, 11) is -3.18. The fourth-order valence-corrected chi connectivity index (χ4v) is 8.10. The Morgan fingerprint density at radius 2 is 1.52 bits per heavy atom. The molecule has 5 fully saturated rings. The lowest BCUT2D eigenvalue weighted by Crippen LogP contribution is -2.59. The first kappa shape index (κ1) is 23.0. The predicted octanol–water partition coefficient (Wildman–Crippen LogP) is 2.27. The van der Waals surface area contributed by atoms with Gasteiger partial charge in [-0.3, -0.25) is 9.59 Å². The first-order valence-corrected chi connectivity index (χ1v) is 13.8. The van der Waals surface area contributed by atoms with Crippen LogP contribution >= 0.6 is 0 Å². The number of hydrogen-bond donors (Lipinski definition) is 2. The van der Waals surface area contributed by atoms with Gasteiger partial charge in [-0.1, -0.05) is 13.8 Å². The van der Waals surface area contributed by atoms with Crippen LogP contribution in [0.3, 0.4) is 0 Å². The van der Waals surface area contributed by atoms with Gasteiger partial charge < -0.3 is 10.6 Å². The van der Waals surface area contributed by atoms with Crippen LogP contribution in [0.15, 0.2) is 0 Å². The maximum Gasteiger partial charge on any atom is 0.243 e. The minimum Gasteiger partial charge on any atom is -0.351 e. The predicted molar refractivity (Wildman–Crippen MR) is 120 cm³/mol. The van der Waals surface area contributed by atoms with Crippen molar-refractivity contribution in [2.45, 2.75) is 84.2 Å². The summed E-state index contributed by atoms with van der Waals surface area (Å²) in [5, 5.41) is 6.24. The van der Waals surface area contributed by atoms with E-state index in [0.29, 0.717) is 43.7 Å². The van der Waals surface area contributed by atoms with E-state index in [-0.39, 0.29) is 34.9 Å². The maximum absolute atomic E-state index is 13.4.